The molecule has 0 aromatic carbocycles. The van der Waals surface area contributed by atoms with Gasteiger partial charge in [-0.15, -0.1) is 0 Å². The molecule has 0 radical (unpaired) electrons. The summed E-state index contributed by atoms with van der Waals surface area (Å²) in [5.74, 6) is 3.52. The van der Waals surface area contributed by atoms with Gasteiger partial charge in [0.1, 0.15) is 0 Å². The molecule has 3 rings (SSSR count). The Morgan fingerprint density at radius 2 is 2.00 bits per heavy atom. The van der Waals surface area contributed by atoms with Crippen LogP contribution in [-0.4, -0.2) is 15.5 Å². The van der Waals surface area contributed by atoms with E-state index in [2.05, 4.69) is 56.6 Å². The second kappa shape index (κ2) is 5.62. The maximum Gasteiger partial charge on any atom is 0.0656 e. The number of rotatable bonds is 1. The summed E-state index contributed by atoms with van der Waals surface area (Å²) in [5, 5.41) is 11.0. The van der Waals surface area contributed by atoms with Crippen LogP contribution in [0, 0.1) is 35.0 Å². The van der Waals surface area contributed by atoms with E-state index in [9.17, 15) is 5.11 Å². The third kappa shape index (κ3) is 2.53. The van der Waals surface area contributed by atoms with Crippen molar-refractivity contribution < 1.29 is 5.11 Å². The summed E-state index contributed by atoms with van der Waals surface area (Å²) >= 11 is 3.99. The van der Waals surface area contributed by atoms with Gasteiger partial charge in [0.05, 0.1) is 5.60 Å². The summed E-state index contributed by atoms with van der Waals surface area (Å²) in [6.07, 6.45) is 8.20. The Hall–Kier alpha value is 0.180. The van der Waals surface area contributed by atoms with Gasteiger partial charge in [0, 0.05) is 4.83 Å². The van der Waals surface area contributed by atoms with E-state index in [-0.39, 0.29) is 5.41 Å². The quantitative estimate of drug-likeness (QED) is 0.474. The molecule has 2 heteroatoms. The Balaban J connectivity index is 1.94. The van der Waals surface area contributed by atoms with Crippen molar-refractivity contribution in [2.24, 2.45) is 35.0 Å². The van der Waals surface area contributed by atoms with Crippen molar-refractivity contribution >= 4 is 15.9 Å². The zero-order chi connectivity index (χ0) is 16.3. The Labute approximate surface area is 145 Å². The molecule has 0 spiro atoms. The van der Waals surface area contributed by atoms with E-state index in [0.717, 1.165) is 42.9 Å². The first-order valence-electron chi connectivity index (χ1n) is 9.22. The highest BCUT2D eigenvalue weighted by molar-refractivity contribution is 9.09. The molecule has 22 heavy (non-hydrogen) atoms. The highest BCUT2D eigenvalue weighted by Gasteiger charge is 2.57. The number of hydrogen-bond acceptors (Lipinski definition) is 1. The molecule has 0 heterocycles. The lowest BCUT2D eigenvalue weighted by Gasteiger charge is -2.59. The van der Waals surface area contributed by atoms with Gasteiger partial charge in [0.15, 0.2) is 0 Å². The Morgan fingerprint density at radius 1 is 1.32 bits per heavy atom. The smallest absolute Gasteiger partial charge is 0.0656 e. The van der Waals surface area contributed by atoms with Gasteiger partial charge in [-0.25, -0.2) is 0 Å². The number of halogens is 1. The normalized spacial score (nSPS) is 52.0. The molecule has 3 aliphatic carbocycles. The molecule has 0 amide bonds. The van der Waals surface area contributed by atoms with Crippen LogP contribution in [0.25, 0.3) is 0 Å². The zero-order valence-electron chi connectivity index (χ0n) is 14.9. The minimum Gasteiger partial charge on any atom is -0.390 e. The summed E-state index contributed by atoms with van der Waals surface area (Å²) < 4.78 is 0. The van der Waals surface area contributed by atoms with E-state index < -0.39 is 5.60 Å². The molecule has 1 N–H and O–H groups in total. The van der Waals surface area contributed by atoms with Crippen LogP contribution in [0.5, 0.6) is 0 Å². The molecule has 126 valence electrons. The van der Waals surface area contributed by atoms with Crippen molar-refractivity contribution in [2.75, 3.05) is 0 Å². The van der Waals surface area contributed by atoms with E-state index >= 15 is 0 Å². The van der Waals surface area contributed by atoms with Crippen LogP contribution in [0.1, 0.15) is 66.7 Å². The number of alkyl halides is 1. The van der Waals surface area contributed by atoms with Gasteiger partial charge in [-0.3, -0.25) is 0 Å². The average molecular weight is 369 g/mol. The van der Waals surface area contributed by atoms with Gasteiger partial charge in [-0.1, -0.05) is 55.3 Å². The molecule has 1 nitrogen and oxygen atoms in total. The highest BCUT2D eigenvalue weighted by Crippen LogP contribution is 2.61. The van der Waals surface area contributed by atoms with E-state index in [4.69, 9.17) is 0 Å². The predicted octanol–water partition coefficient (Wildman–Crippen LogP) is 5.57. The molecule has 0 aromatic heterocycles. The molecule has 3 aliphatic rings. The first-order valence-corrected chi connectivity index (χ1v) is 10.1. The largest absolute Gasteiger partial charge is 0.390 e. The first kappa shape index (κ1) is 17.0. The molecule has 2 saturated carbocycles. The Bertz CT molecular complexity index is 466. The average Bonchev–Trinajstić information content (AvgIpc) is 2.43. The minimum absolute atomic E-state index is 0.233. The van der Waals surface area contributed by atoms with Gasteiger partial charge in [-0.05, 0) is 74.0 Å². The predicted molar refractivity (Wildman–Crippen MR) is 97.1 cm³/mol. The summed E-state index contributed by atoms with van der Waals surface area (Å²) in [5.41, 5.74) is 1.40. The summed E-state index contributed by atoms with van der Waals surface area (Å²) in [6, 6.07) is 0. The fourth-order valence-corrected chi connectivity index (χ4v) is 6.74. The SMILES string of the molecule is CC(C)[C@@H]1CC=C2C[C@H]3[C@](C)(C[C@H]2[C@H]1C)[C@@H](Br)CC[C@@]3(C)O. The Morgan fingerprint density at radius 3 is 2.64 bits per heavy atom. The lowest BCUT2D eigenvalue weighted by molar-refractivity contribution is -0.113. The highest BCUT2D eigenvalue weighted by atomic mass is 79.9. The van der Waals surface area contributed by atoms with Crippen LogP contribution >= 0.6 is 15.9 Å². The van der Waals surface area contributed by atoms with Crippen molar-refractivity contribution in [1.29, 1.82) is 0 Å². The van der Waals surface area contributed by atoms with Crippen LogP contribution in [0.4, 0.5) is 0 Å². The summed E-state index contributed by atoms with van der Waals surface area (Å²) in [6.45, 7) is 11.8. The zero-order valence-corrected chi connectivity index (χ0v) is 16.5. The number of hydrogen-bond donors (Lipinski definition) is 1. The molecular weight excluding hydrogens is 336 g/mol. The van der Waals surface area contributed by atoms with E-state index in [1.54, 1.807) is 5.57 Å². The van der Waals surface area contributed by atoms with Gasteiger partial charge in [0.25, 0.3) is 0 Å². The van der Waals surface area contributed by atoms with E-state index in [0.29, 0.717) is 10.7 Å². The van der Waals surface area contributed by atoms with Crippen LogP contribution in [-0.2, 0) is 0 Å². The third-order valence-corrected chi connectivity index (χ3v) is 9.06. The molecule has 0 bridgehead atoms. The van der Waals surface area contributed by atoms with Gasteiger partial charge in [0.2, 0.25) is 0 Å². The van der Waals surface area contributed by atoms with Crippen LogP contribution in [0.3, 0.4) is 0 Å². The molecule has 0 aromatic rings. The van der Waals surface area contributed by atoms with Crippen molar-refractivity contribution in [3.05, 3.63) is 11.6 Å². The minimum atomic E-state index is -0.497. The monoisotopic (exact) mass is 368 g/mol. The molecule has 0 unspecified atom stereocenters. The second-order valence-electron chi connectivity index (χ2n) is 9.22. The van der Waals surface area contributed by atoms with Crippen molar-refractivity contribution in [3.8, 4) is 0 Å². The molecular formula is C20H33BrO. The maximum absolute atomic E-state index is 11.0. The Kier molecular flexibility index (Phi) is 4.35. The van der Waals surface area contributed by atoms with E-state index in [1.165, 1.54) is 12.8 Å². The number of fused-ring (bicyclic) bond motifs is 2. The van der Waals surface area contributed by atoms with Crippen LogP contribution < -0.4 is 0 Å². The molecule has 7 atom stereocenters. The third-order valence-electron chi connectivity index (χ3n) is 7.56. The van der Waals surface area contributed by atoms with Crippen LogP contribution in [0.15, 0.2) is 11.6 Å². The lowest BCUT2D eigenvalue weighted by atomic mass is 9.49. The van der Waals surface area contributed by atoms with Crippen molar-refractivity contribution in [1.82, 2.24) is 0 Å². The molecule has 0 saturated heterocycles. The summed E-state index contributed by atoms with van der Waals surface area (Å²) in [7, 11) is 0. The lowest BCUT2D eigenvalue weighted by Crippen LogP contribution is -2.57. The second-order valence-corrected chi connectivity index (χ2v) is 10.3. The summed E-state index contributed by atoms with van der Waals surface area (Å²) in [4.78, 5) is 0.554. The molecule has 2 fully saturated rings. The van der Waals surface area contributed by atoms with Gasteiger partial charge >= 0.3 is 0 Å². The first-order chi connectivity index (χ1) is 10.2. The standard InChI is InChI=1S/C20H33BrO/c1-12(2)15-7-6-14-10-17-19(4,11-16(14)13(15)3)18(21)8-9-20(17,5)22/h6,12-13,15-18,22H,7-11H2,1-5H3/t13-,15-,16-,17-,18-,19-,20+/m0/s1. The fraction of sp³-hybridized carbons (Fsp3) is 0.900. The van der Waals surface area contributed by atoms with Gasteiger partial charge < -0.3 is 5.11 Å². The fourth-order valence-electron chi connectivity index (χ4n) is 6.00. The van der Waals surface area contributed by atoms with Gasteiger partial charge in [-0.2, -0.15) is 0 Å². The maximum atomic E-state index is 11.0. The van der Waals surface area contributed by atoms with E-state index in [1.807, 2.05) is 0 Å². The molecule has 0 aliphatic heterocycles. The van der Waals surface area contributed by atoms with Crippen molar-refractivity contribution in [2.45, 2.75) is 77.2 Å². The topological polar surface area (TPSA) is 20.2 Å². The van der Waals surface area contributed by atoms with Crippen molar-refractivity contribution in [3.63, 3.8) is 0 Å². The van der Waals surface area contributed by atoms with Crippen LogP contribution in [0.2, 0.25) is 0 Å². The number of allylic oxidation sites excluding steroid dienone is 2. The number of aliphatic hydroxyl groups is 1.